The number of ether oxygens (including phenoxy) is 1. The molecule has 0 spiro atoms. The number of carbonyl (C=O) groups excluding carboxylic acids is 1. The van der Waals surface area contributed by atoms with Crippen LogP contribution in [-0.2, 0) is 15.4 Å². The number of hydrogen-bond acceptors (Lipinski definition) is 7. The molecule has 12 heteroatoms. The smallest absolute Gasteiger partial charge is 0.370 e. The maximum atomic E-state index is 13.6. The molecular formula is C23H25F3N5O3P. The number of aromatic nitrogens is 2. The molecule has 0 fully saturated rings. The Morgan fingerprint density at radius 2 is 1.83 bits per heavy atom. The molecule has 1 aromatic heterocycles. The van der Waals surface area contributed by atoms with E-state index in [4.69, 9.17) is 9.26 Å². The number of rotatable bonds is 10. The zero-order chi connectivity index (χ0) is 25.4. The number of carbonyl (C=O) groups is 1. The van der Waals surface area contributed by atoms with Crippen molar-refractivity contribution in [3.8, 4) is 0 Å². The quantitative estimate of drug-likeness (QED) is 0.307. The van der Waals surface area contributed by atoms with Gasteiger partial charge >= 0.3 is 6.18 Å². The van der Waals surface area contributed by atoms with Gasteiger partial charge in [-0.2, -0.15) is 18.2 Å². The maximum Gasteiger partial charge on any atom is 0.421 e. The van der Waals surface area contributed by atoms with Gasteiger partial charge in [0.1, 0.15) is 17.2 Å². The number of benzene rings is 2. The topological polar surface area (TPSA) is 97.4 Å². The van der Waals surface area contributed by atoms with E-state index < -0.39 is 23.5 Å². The Morgan fingerprint density at radius 3 is 2.46 bits per heavy atom. The summed E-state index contributed by atoms with van der Waals surface area (Å²) in [6.45, 7) is 2.48. The summed E-state index contributed by atoms with van der Waals surface area (Å²) in [6.07, 6.45) is -4.01. The summed E-state index contributed by atoms with van der Waals surface area (Å²) in [5, 5.41) is 8.01. The summed E-state index contributed by atoms with van der Waals surface area (Å²) in [6, 6.07) is 13.3. The molecule has 3 aromatic rings. The Labute approximate surface area is 202 Å². The summed E-state index contributed by atoms with van der Waals surface area (Å²) < 4.78 is 51.8. The van der Waals surface area contributed by atoms with Crippen LogP contribution in [0.25, 0.3) is 0 Å². The number of amides is 1. The van der Waals surface area contributed by atoms with E-state index in [1.165, 1.54) is 19.2 Å². The lowest BCUT2D eigenvalue weighted by Crippen LogP contribution is -2.20. The molecule has 0 saturated heterocycles. The van der Waals surface area contributed by atoms with E-state index in [2.05, 4.69) is 25.9 Å². The van der Waals surface area contributed by atoms with Crippen molar-refractivity contribution in [2.24, 2.45) is 0 Å². The third kappa shape index (κ3) is 6.88. The fraction of sp³-hybridized carbons (Fsp3) is 0.261. The van der Waals surface area contributed by atoms with Crippen molar-refractivity contribution in [3.05, 3.63) is 71.4 Å². The van der Waals surface area contributed by atoms with Gasteiger partial charge in [0.25, 0.3) is 5.91 Å². The van der Waals surface area contributed by atoms with Crippen LogP contribution in [-0.4, -0.2) is 36.6 Å². The number of alkyl halides is 3. The van der Waals surface area contributed by atoms with E-state index in [9.17, 15) is 18.0 Å². The highest BCUT2D eigenvalue weighted by atomic mass is 31.1. The minimum absolute atomic E-state index is 0.0508. The van der Waals surface area contributed by atoms with Crippen molar-refractivity contribution in [1.29, 1.82) is 0 Å². The lowest BCUT2D eigenvalue weighted by molar-refractivity contribution is -0.137. The number of methoxy groups -OCH3 is 1. The predicted octanol–water partition coefficient (Wildman–Crippen LogP) is 5.62. The Balaban J connectivity index is 1.88. The van der Waals surface area contributed by atoms with Crippen LogP contribution < -0.4 is 16.0 Å². The van der Waals surface area contributed by atoms with Gasteiger partial charge in [-0.15, -0.1) is 0 Å². The van der Waals surface area contributed by atoms with E-state index in [-0.39, 0.29) is 31.9 Å². The first-order valence-corrected chi connectivity index (χ1v) is 11.5. The number of para-hydroxylation sites is 1. The van der Waals surface area contributed by atoms with Crippen molar-refractivity contribution < 1.29 is 27.2 Å². The second-order valence-electron chi connectivity index (χ2n) is 7.12. The van der Waals surface area contributed by atoms with Gasteiger partial charge in [-0.25, -0.2) is 4.98 Å². The van der Waals surface area contributed by atoms with E-state index in [1.54, 1.807) is 31.4 Å². The minimum Gasteiger partial charge on any atom is -0.370 e. The van der Waals surface area contributed by atoms with Crippen molar-refractivity contribution in [2.75, 3.05) is 31.4 Å². The monoisotopic (exact) mass is 507 g/mol. The second kappa shape index (κ2) is 11.9. The van der Waals surface area contributed by atoms with Crippen molar-refractivity contribution in [3.63, 3.8) is 0 Å². The van der Waals surface area contributed by atoms with Gasteiger partial charge in [-0.1, -0.05) is 24.3 Å². The third-order valence-electron chi connectivity index (χ3n) is 4.79. The molecule has 2 unspecified atom stereocenters. The fourth-order valence-electron chi connectivity index (χ4n) is 3.08. The van der Waals surface area contributed by atoms with Crippen LogP contribution in [0.1, 0.15) is 34.3 Å². The zero-order valence-corrected chi connectivity index (χ0v) is 20.2. The Morgan fingerprint density at radius 1 is 1.11 bits per heavy atom. The first-order valence-electron chi connectivity index (χ1n) is 10.6. The van der Waals surface area contributed by atoms with Crippen LogP contribution in [0.4, 0.5) is 36.3 Å². The van der Waals surface area contributed by atoms with E-state index >= 15 is 0 Å². The van der Waals surface area contributed by atoms with Gasteiger partial charge in [0.05, 0.1) is 11.3 Å². The van der Waals surface area contributed by atoms with Crippen LogP contribution in [0.3, 0.4) is 0 Å². The maximum absolute atomic E-state index is 13.6. The third-order valence-corrected chi connectivity index (χ3v) is 6.02. The van der Waals surface area contributed by atoms with Gasteiger partial charge in [0, 0.05) is 41.5 Å². The molecule has 3 N–H and O–H groups in total. The van der Waals surface area contributed by atoms with Crippen molar-refractivity contribution >= 4 is 37.9 Å². The molecule has 0 bridgehead atoms. The first-order chi connectivity index (χ1) is 16.8. The van der Waals surface area contributed by atoms with Gasteiger partial charge < -0.3 is 25.2 Å². The summed E-state index contributed by atoms with van der Waals surface area (Å²) in [5.74, 6) is -1.21. The van der Waals surface area contributed by atoms with Gasteiger partial charge in [-0.05, 0) is 36.8 Å². The molecule has 0 aliphatic heterocycles. The predicted molar refractivity (Wildman–Crippen MR) is 130 cm³/mol. The van der Waals surface area contributed by atoms with Gasteiger partial charge in [0.15, 0.2) is 0 Å². The average Bonchev–Trinajstić information content (AvgIpc) is 2.84. The molecule has 0 radical (unpaired) electrons. The number of anilines is 4. The molecule has 3 rings (SSSR count). The molecule has 0 saturated carbocycles. The molecular weight excluding hydrogens is 482 g/mol. The van der Waals surface area contributed by atoms with Crippen molar-refractivity contribution in [1.82, 2.24) is 15.3 Å². The van der Waals surface area contributed by atoms with Crippen LogP contribution in [0.15, 0.2) is 54.7 Å². The molecule has 8 nitrogen and oxygen atoms in total. The first kappa shape index (κ1) is 26.3. The Kier molecular flexibility index (Phi) is 8.97. The van der Waals surface area contributed by atoms with E-state index in [0.717, 1.165) is 5.56 Å². The molecule has 2 aromatic carbocycles. The highest BCUT2D eigenvalue weighted by molar-refractivity contribution is 7.32. The highest BCUT2D eigenvalue weighted by Crippen LogP contribution is 2.37. The SMILES string of the molecule is CCOPC(OC)c1ccc(Nc2ncc(C(F)(F)F)c(Nc3ccccc3C(=O)NC)n2)cc1. The van der Waals surface area contributed by atoms with Crippen LogP contribution in [0.2, 0.25) is 0 Å². The minimum atomic E-state index is -4.71. The second-order valence-corrected chi connectivity index (χ2v) is 8.17. The largest absolute Gasteiger partial charge is 0.421 e. The fourth-order valence-corrected chi connectivity index (χ4v) is 3.82. The Hall–Kier alpha value is -3.27. The average molecular weight is 507 g/mol. The number of nitrogens with one attached hydrogen (secondary N) is 3. The lowest BCUT2D eigenvalue weighted by Gasteiger charge is -2.17. The van der Waals surface area contributed by atoms with Gasteiger partial charge in [0.2, 0.25) is 5.95 Å². The summed E-state index contributed by atoms with van der Waals surface area (Å²) >= 11 is 0. The molecule has 186 valence electrons. The van der Waals surface area contributed by atoms with Gasteiger partial charge in [-0.3, -0.25) is 4.79 Å². The molecule has 1 amide bonds. The highest BCUT2D eigenvalue weighted by Gasteiger charge is 2.35. The molecule has 2 atom stereocenters. The molecule has 0 aliphatic rings. The normalized spacial score (nSPS) is 12.5. The molecule has 35 heavy (non-hydrogen) atoms. The Bertz CT molecular complexity index is 1150. The summed E-state index contributed by atoms with van der Waals surface area (Å²) in [4.78, 5) is 20.0. The summed E-state index contributed by atoms with van der Waals surface area (Å²) in [5.41, 5.74) is 0.746. The zero-order valence-electron chi connectivity index (χ0n) is 19.2. The van der Waals surface area contributed by atoms with Crippen LogP contribution >= 0.6 is 8.81 Å². The van der Waals surface area contributed by atoms with Crippen LogP contribution in [0.5, 0.6) is 0 Å². The van der Waals surface area contributed by atoms with E-state index in [1.807, 2.05) is 19.1 Å². The standard InChI is InChI=1S/C23H25F3N5O3P/c1-4-34-35-21(33-3)14-9-11-15(12-10-14)29-22-28-13-17(23(24,25)26)19(31-22)30-18-8-6-5-7-16(18)20(32)27-2/h5-13,21,35H,4H2,1-3H3,(H,27,32)(H2,28,29,30,31). The number of nitrogens with zero attached hydrogens (tertiary/aromatic N) is 2. The molecule has 0 aliphatic carbocycles. The van der Waals surface area contributed by atoms with E-state index in [0.29, 0.717) is 18.5 Å². The van der Waals surface area contributed by atoms with Crippen LogP contribution in [0, 0.1) is 0 Å². The lowest BCUT2D eigenvalue weighted by atomic mass is 10.1. The van der Waals surface area contributed by atoms with Crippen molar-refractivity contribution in [2.45, 2.75) is 18.9 Å². The number of hydrogen-bond donors (Lipinski definition) is 3. The summed E-state index contributed by atoms with van der Waals surface area (Å²) in [7, 11) is 3.16. The number of halogens is 3. The molecule has 1 heterocycles.